The van der Waals surface area contributed by atoms with Crippen LogP contribution in [0, 0.1) is 12.7 Å². The Hall–Kier alpha value is -2.37. The molecule has 2 aromatic carbocycles. The summed E-state index contributed by atoms with van der Waals surface area (Å²) in [6.45, 7) is 6.80. The van der Waals surface area contributed by atoms with Crippen LogP contribution in [0.2, 0.25) is 5.02 Å². The Morgan fingerprint density at radius 2 is 1.81 bits per heavy atom. The van der Waals surface area contributed by atoms with Crippen LogP contribution in [0.5, 0.6) is 0 Å². The highest BCUT2D eigenvalue weighted by Crippen LogP contribution is 2.26. The van der Waals surface area contributed by atoms with Crippen LogP contribution in [0.3, 0.4) is 0 Å². The van der Waals surface area contributed by atoms with Crippen molar-refractivity contribution in [3.63, 3.8) is 0 Å². The van der Waals surface area contributed by atoms with Gasteiger partial charge in [0.25, 0.3) is 0 Å². The SMILES string of the molecule is Cc1c(C[NH+]2CCN(c3ccccc3Cl)CC2)noc1-c1ccc(F)cc1. The molecule has 4 nitrogen and oxygen atoms in total. The highest BCUT2D eigenvalue weighted by atomic mass is 35.5. The van der Waals surface area contributed by atoms with Crippen LogP contribution in [0.15, 0.2) is 53.1 Å². The van der Waals surface area contributed by atoms with Crippen molar-refractivity contribution in [2.75, 3.05) is 31.1 Å². The summed E-state index contributed by atoms with van der Waals surface area (Å²) < 4.78 is 18.7. The second-order valence-electron chi connectivity index (χ2n) is 6.96. The molecule has 1 saturated heterocycles. The summed E-state index contributed by atoms with van der Waals surface area (Å²) in [6.07, 6.45) is 0. The van der Waals surface area contributed by atoms with E-state index >= 15 is 0 Å². The fourth-order valence-electron chi connectivity index (χ4n) is 3.59. The summed E-state index contributed by atoms with van der Waals surface area (Å²) in [7, 11) is 0. The molecule has 140 valence electrons. The molecule has 0 amide bonds. The lowest BCUT2D eigenvalue weighted by molar-refractivity contribution is -0.914. The molecular weight excluding hydrogens is 365 g/mol. The number of anilines is 1. The summed E-state index contributed by atoms with van der Waals surface area (Å²) in [5, 5.41) is 5.08. The first-order valence-corrected chi connectivity index (χ1v) is 9.54. The maximum atomic E-state index is 13.1. The molecule has 1 fully saturated rings. The molecule has 1 aliphatic heterocycles. The van der Waals surface area contributed by atoms with E-state index in [1.807, 2.05) is 25.1 Å². The molecule has 0 bridgehead atoms. The van der Waals surface area contributed by atoms with Gasteiger partial charge in [0.1, 0.15) is 18.1 Å². The van der Waals surface area contributed by atoms with Crippen molar-refractivity contribution in [3.05, 3.63) is 70.6 Å². The summed E-state index contributed by atoms with van der Waals surface area (Å²) >= 11 is 6.32. The third kappa shape index (κ3) is 3.84. The van der Waals surface area contributed by atoms with Gasteiger partial charge in [-0.1, -0.05) is 28.9 Å². The Morgan fingerprint density at radius 1 is 1.11 bits per heavy atom. The van der Waals surface area contributed by atoms with E-state index in [0.717, 1.165) is 66.0 Å². The molecule has 6 heteroatoms. The van der Waals surface area contributed by atoms with E-state index in [-0.39, 0.29) is 5.82 Å². The lowest BCUT2D eigenvalue weighted by Gasteiger charge is -2.33. The van der Waals surface area contributed by atoms with Gasteiger partial charge >= 0.3 is 0 Å². The van der Waals surface area contributed by atoms with Gasteiger partial charge in [-0.25, -0.2) is 4.39 Å². The standard InChI is InChI=1S/C21H21ClFN3O/c1-15-19(24-27-21(15)16-6-8-17(23)9-7-16)14-25-10-12-26(13-11-25)20-5-3-2-4-18(20)22/h2-9H,10-14H2,1H3/p+1. The Morgan fingerprint density at radius 3 is 2.52 bits per heavy atom. The Balaban J connectivity index is 1.41. The Kier molecular flexibility index (Phi) is 5.14. The third-order valence-corrected chi connectivity index (χ3v) is 5.53. The monoisotopic (exact) mass is 386 g/mol. The molecule has 4 rings (SSSR count). The predicted octanol–water partition coefficient (Wildman–Crippen LogP) is 3.35. The zero-order valence-corrected chi connectivity index (χ0v) is 16.0. The minimum absolute atomic E-state index is 0.253. The first-order chi connectivity index (χ1) is 13.1. The highest BCUT2D eigenvalue weighted by Gasteiger charge is 2.24. The van der Waals surface area contributed by atoms with Crippen molar-refractivity contribution in [1.29, 1.82) is 0 Å². The summed E-state index contributed by atoms with van der Waals surface area (Å²) in [6, 6.07) is 14.3. The van der Waals surface area contributed by atoms with Gasteiger partial charge in [0.15, 0.2) is 5.76 Å². The van der Waals surface area contributed by atoms with Crippen LogP contribution >= 0.6 is 11.6 Å². The first-order valence-electron chi connectivity index (χ1n) is 9.16. The Labute approximate surface area is 163 Å². The van der Waals surface area contributed by atoms with Crippen molar-refractivity contribution >= 4 is 17.3 Å². The average molecular weight is 387 g/mol. The maximum Gasteiger partial charge on any atom is 0.170 e. The summed E-state index contributed by atoms with van der Waals surface area (Å²) in [5.41, 5.74) is 3.96. The molecule has 0 saturated carbocycles. The van der Waals surface area contributed by atoms with E-state index in [1.54, 1.807) is 12.1 Å². The second kappa shape index (κ2) is 7.71. The number of halogens is 2. The highest BCUT2D eigenvalue weighted by molar-refractivity contribution is 6.33. The number of para-hydroxylation sites is 1. The minimum atomic E-state index is -0.253. The average Bonchev–Trinajstić information content (AvgIpc) is 3.04. The van der Waals surface area contributed by atoms with Gasteiger partial charge in [-0.05, 0) is 43.3 Å². The first kappa shape index (κ1) is 18.0. The van der Waals surface area contributed by atoms with E-state index in [9.17, 15) is 4.39 Å². The second-order valence-corrected chi connectivity index (χ2v) is 7.36. The van der Waals surface area contributed by atoms with E-state index in [1.165, 1.54) is 17.0 Å². The number of nitrogens with zero attached hydrogens (tertiary/aromatic N) is 2. The van der Waals surface area contributed by atoms with Crippen molar-refractivity contribution in [1.82, 2.24) is 5.16 Å². The molecule has 0 aliphatic carbocycles. The van der Waals surface area contributed by atoms with Crippen molar-refractivity contribution in [2.24, 2.45) is 0 Å². The fourth-order valence-corrected chi connectivity index (χ4v) is 3.84. The molecule has 3 aromatic rings. The number of aromatic nitrogens is 1. The number of hydrogen-bond acceptors (Lipinski definition) is 3. The summed E-state index contributed by atoms with van der Waals surface area (Å²) in [5.74, 6) is 0.469. The predicted molar refractivity (Wildman–Crippen MR) is 105 cm³/mol. The molecular formula is C21H22ClFN3O+. The molecule has 1 N–H and O–H groups in total. The van der Waals surface area contributed by atoms with Crippen LogP contribution in [0.4, 0.5) is 10.1 Å². The molecule has 0 spiro atoms. The van der Waals surface area contributed by atoms with Crippen LogP contribution < -0.4 is 9.80 Å². The van der Waals surface area contributed by atoms with Crippen LogP contribution in [0.1, 0.15) is 11.3 Å². The van der Waals surface area contributed by atoms with Crippen molar-refractivity contribution in [3.8, 4) is 11.3 Å². The topological polar surface area (TPSA) is 33.7 Å². The smallest absolute Gasteiger partial charge is 0.170 e. The Bertz CT molecular complexity index is 917. The lowest BCUT2D eigenvalue weighted by atomic mass is 10.1. The quantitative estimate of drug-likeness (QED) is 0.746. The van der Waals surface area contributed by atoms with Gasteiger partial charge in [0.05, 0.1) is 36.9 Å². The molecule has 0 atom stereocenters. The molecule has 1 aliphatic rings. The number of rotatable bonds is 4. The van der Waals surface area contributed by atoms with Gasteiger partial charge in [0.2, 0.25) is 0 Å². The number of quaternary nitrogens is 1. The van der Waals surface area contributed by atoms with E-state index in [4.69, 9.17) is 16.1 Å². The maximum absolute atomic E-state index is 13.1. The number of benzene rings is 2. The van der Waals surface area contributed by atoms with E-state index in [0.29, 0.717) is 0 Å². The third-order valence-electron chi connectivity index (χ3n) is 5.21. The number of nitrogens with one attached hydrogen (secondary N) is 1. The van der Waals surface area contributed by atoms with Crippen LogP contribution in [0.25, 0.3) is 11.3 Å². The fraction of sp³-hybridized carbons (Fsp3) is 0.286. The number of piperazine rings is 1. The van der Waals surface area contributed by atoms with Crippen LogP contribution in [-0.4, -0.2) is 31.3 Å². The number of hydrogen-bond donors (Lipinski definition) is 1. The zero-order valence-electron chi connectivity index (χ0n) is 15.2. The minimum Gasteiger partial charge on any atom is -0.359 e. The summed E-state index contributed by atoms with van der Waals surface area (Å²) in [4.78, 5) is 3.81. The molecule has 1 aromatic heterocycles. The lowest BCUT2D eigenvalue weighted by Crippen LogP contribution is -3.13. The van der Waals surface area contributed by atoms with Crippen molar-refractivity contribution < 1.29 is 13.8 Å². The van der Waals surface area contributed by atoms with Gasteiger partial charge in [-0.3, -0.25) is 0 Å². The molecule has 2 heterocycles. The van der Waals surface area contributed by atoms with Gasteiger partial charge in [0, 0.05) is 11.1 Å². The van der Waals surface area contributed by atoms with Gasteiger partial charge in [-0.2, -0.15) is 0 Å². The molecule has 0 radical (unpaired) electrons. The van der Waals surface area contributed by atoms with E-state index < -0.39 is 0 Å². The largest absolute Gasteiger partial charge is 0.359 e. The molecule has 0 unspecified atom stereocenters. The molecule has 27 heavy (non-hydrogen) atoms. The van der Waals surface area contributed by atoms with Crippen molar-refractivity contribution in [2.45, 2.75) is 13.5 Å². The normalized spacial score (nSPS) is 15.3. The van der Waals surface area contributed by atoms with Gasteiger partial charge < -0.3 is 14.3 Å². The van der Waals surface area contributed by atoms with E-state index in [2.05, 4.69) is 16.1 Å². The van der Waals surface area contributed by atoms with Crippen LogP contribution in [-0.2, 0) is 6.54 Å². The zero-order chi connectivity index (χ0) is 18.8. The van der Waals surface area contributed by atoms with Gasteiger partial charge in [-0.15, -0.1) is 0 Å².